The van der Waals surface area contributed by atoms with E-state index >= 15 is 4.39 Å². The fourth-order valence-electron chi connectivity index (χ4n) is 6.27. The molecule has 3 aromatic heterocycles. The van der Waals surface area contributed by atoms with Gasteiger partial charge in [-0.2, -0.15) is 5.26 Å². The normalized spacial score (nSPS) is 16.2. The molecule has 236 valence electrons. The Morgan fingerprint density at radius 3 is 2.77 bits per heavy atom. The molecule has 11 nitrogen and oxygen atoms in total. The molecule has 47 heavy (non-hydrogen) atoms. The molecule has 2 aliphatic heterocycles. The Morgan fingerprint density at radius 1 is 1.09 bits per heavy atom. The molecule has 12 heteroatoms. The summed E-state index contributed by atoms with van der Waals surface area (Å²) in [5.74, 6) is 1.36. The summed E-state index contributed by atoms with van der Waals surface area (Å²) < 4.78 is 21.9. The summed E-state index contributed by atoms with van der Waals surface area (Å²) in [4.78, 5) is 26.8. The van der Waals surface area contributed by atoms with Gasteiger partial charge in [0.2, 0.25) is 5.96 Å². The van der Waals surface area contributed by atoms with Gasteiger partial charge < -0.3 is 19.9 Å². The van der Waals surface area contributed by atoms with Crippen molar-refractivity contribution in [2.24, 2.45) is 10.9 Å². The van der Waals surface area contributed by atoms with Gasteiger partial charge in [-0.25, -0.2) is 19.4 Å². The lowest BCUT2D eigenvalue weighted by Crippen LogP contribution is -2.26. The topological polar surface area (TPSA) is 127 Å². The zero-order chi connectivity index (χ0) is 32.2. The Kier molecular flexibility index (Phi) is 8.53. The molecule has 0 aliphatic carbocycles. The molecule has 0 unspecified atom stereocenters. The van der Waals surface area contributed by atoms with Crippen LogP contribution in [0, 0.1) is 23.2 Å². The summed E-state index contributed by atoms with van der Waals surface area (Å²) >= 11 is 0. The van der Waals surface area contributed by atoms with Gasteiger partial charge in [-0.15, -0.1) is 0 Å². The lowest BCUT2D eigenvalue weighted by molar-refractivity contribution is 0.240. The van der Waals surface area contributed by atoms with E-state index in [1.807, 2.05) is 42.6 Å². The zero-order valence-corrected chi connectivity index (χ0v) is 25.9. The van der Waals surface area contributed by atoms with Crippen LogP contribution in [-0.4, -0.2) is 64.1 Å². The molecule has 2 aromatic carbocycles. The number of halogens is 1. The molecule has 5 aromatic rings. The minimum absolute atomic E-state index is 0.270. The van der Waals surface area contributed by atoms with Crippen molar-refractivity contribution in [2.45, 2.75) is 19.4 Å². The van der Waals surface area contributed by atoms with E-state index in [2.05, 4.69) is 47.4 Å². The van der Waals surface area contributed by atoms with Crippen molar-refractivity contribution < 1.29 is 9.13 Å². The number of hydrogen-bond acceptors (Lipinski definition) is 9. The van der Waals surface area contributed by atoms with Crippen LogP contribution in [0.5, 0.6) is 5.75 Å². The lowest BCUT2D eigenvalue weighted by Gasteiger charge is -2.20. The Hall–Kier alpha value is -5.67. The van der Waals surface area contributed by atoms with Gasteiger partial charge >= 0.3 is 0 Å². The standard InChI is InChI=1S/C35H33FN10O/c1-45-14-10-23(19-45)20-47-31-7-3-5-28(32(31)36)26-4-2-6-30-27(26)11-15-46(30)34-33-29(42-22-43-34)16-24(17-39-33)18-40-35(41-21-37)44-25-8-12-38-13-9-25/h2-9,12-13,16-17,22-23H,10-11,14-15,18-20H2,1H3,(H2,38,40,41,44)/t23-/m1/s1. The van der Waals surface area contributed by atoms with Gasteiger partial charge in [-0.1, -0.05) is 24.3 Å². The van der Waals surface area contributed by atoms with Crippen molar-refractivity contribution in [2.75, 3.05) is 43.5 Å². The quantitative estimate of drug-likeness (QED) is 0.101. The Bertz CT molecular complexity index is 1980. The van der Waals surface area contributed by atoms with E-state index in [0.29, 0.717) is 53.2 Å². The highest BCUT2D eigenvalue weighted by atomic mass is 19.1. The van der Waals surface area contributed by atoms with Gasteiger partial charge in [0, 0.05) is 54.5 Å². The zero-order valence-electron chi connectivity index (χ0n) is 25.9. The predicted molar refractivity (Wildman–Crippen MR) is 179 cm³/mol. The highest BCUT2D eigenvalue weighted by Crippen LogP contribution is 2.42. The monoisotopic (exact) mass is 628 g/mol. The van der Waals surface area contributed by atoms with Crippen LogP contribution in [0.4, 0.5) is 21.6 Å². The number of nitriles is 1. The molecule has 5 heterocycles. The number of nitrogens with one attached hydrogen (secondary N) is 2. The van der Waals surface area contributed by atoms with Crippen LogP contribution in [0.3, 0.4) is 0 Å². The molecule has 2 aliphatic rings. The highest BCUT2D eigenvalue weighted by Gasteiger charge is 2.28. The van der Waals surface area contributed by atoms with E-state index in [1.165, 1.54) is 6.33 Å². The summed E-state index contributed by atoms with van der Waals surface area (Å²) in [6, 6.07) is 16.8. The minimum Gasteiger partial charge on any atom is -0.490 e. The maximum Gasteiger partial charge on any atom is 0.209 e. The SMILES string of the molecule is CN1CC[C@@H](COc2cccc(-c3cccc4c3CCN4c3ncnc4cc(CN=C(NC#N)Nc5ccncc5)cnc34)c2F)C1. The van der Waals surface area contributed by atoms with E-state index in [0.717, 1.165) is 54.0 Å². The van der Waals surface area contributed by atoms with Gasteiger partial charge in [-0.3, -0.25) is 15.3 Å². The Labute approximate surface area is 271 Å². The van der Waals surface area contributed by atoms with Crippen LogP contribution >= 0.6 is 0 Å². The van der Waals surface area contributed by atoms with Gasteiger partial charge in [0.05, 0.1) is 18.7 Å². The molecule has 1 saturated heterocycles. The number of anilines is 3. The van der Waals surface area contributed by atoms with Crippen molar-refractivity contribution in [1.29, 1.82) is 5.26 Å². The minimum atomic E-state index is -0.334. The first-order chi connectivity index (χ1) is 23.1. The number of aliphatic imine (C=N–C) groups is 1. The van der Waals surface area contributed by atoms with Crippen molar-refractivity contribution in [3.63, 3.8) is 0 Å². The molecular weight excluding hydrogens is 595 g/mol. The maximum atomic E-state index is 15.9. The molecule has 2 N–H and O–H groups in total. The molecule has 1 atom stereocenters. The summed E-state index contributed by atoms with van der Waals surface area (Å²) in [7, 11) is 2.10. The average molecular weight is 629 g/mol. The van der Waals surface area contributed by atoms with Gasteiger partial charge in [-0.05, 0) is 73.5 Å². The van der Waals surface area contributed by atoms with Crippen LogP contribution in [-0.2, 0) is 13.0 Å². The van der Waals surface area contributed by atoms with E-state index < -0.39 is 0 Å². The first-order valence-corrected chi connectivity index (χ1v) is 15.5. The first kappa shape index (κ1) is 30.0. The lowest BCUT2D eigenvalue weighted by atomic mass is 9.97. The summed E-state index contributed by atoms with van der Waals surface area (Å²) in [6.07, 6.45) is 10.3. The van der Waals surface area contributed by atoms with Crippen molar-refractivity contribution >= 4 is 34.2 Å². The number of likely N-dealkylation sites (tertiary alicyclic amines) is 1. The highest BCUT2D eigenvalue weighted by molar-refractivity contribution is 5.94. The number of pyridine rings is 2. The van der Waals surface area contributed by atoms with E-state index in [1.54, 1.807) is 36.8 Å². The Morgan fingerprint density at radius 2 is 1.94 bits per heavy atom. The first-order valence-electron chi connectivity index (χ1n) is 15.5. The molecule has 0 radical (unpaired) electrons. The third kappa shape index (κ3) is 6.39. The molecule has 0 saturated carbocycles. The number of fused-ring (bicyclic) bond motifs is 2. The number of hydrogen-bond donors (Lipinski definition) is 2. The second-order valence-electron chi connectivity index (χ2n) is 11.7. The second kappa shape index (κ2) is 13.4. The molecule has 0 amide bonds. The van der Waals surface area contributed by atoms with Crippen molar-refractivity contribution in [1.82, 2.24) is 30.2 Å². The summed E-state index contributed by atoms with van der Waals surface area (Å²) in [6.45, 7) is 3.46. The van der Waals surface area contributed by atoms with Crippen LogP contribution in [0.15, 0.2) is 84.5 Å². The van der Waals surface area contributed by atoms with Crippen LogP contribution in [0.2, 0.25) is 0 Å². The fraction of sp³-hybridized carbons (Fsp3) is 0.257. The van der Waals surface area contributed by atoms with Crippen LogP contribution in [0.25, 0.3) is 22.2 Å². The van der Waals surface area contributed by atoms with Gasteiger partial charge in [0.25, 0.3) is 0 Å². The van der Waals surface area contributed by atoms with Crippen LogP contribution < -0.4 is 20.3 Å². The number of nitrogens with zero attached hydrogens (tertiary/aromatic N) is 8. The Balaban J connectivity index is 1.13. The number of aromatic nitrogens is 4. The van der Waals surface area contributed by atoms with E-state index in [-0.39, 0.29) is 12.4 Å². The molecule has 0 spiro atoms. The number of rotatable bonds is 8. The van der Waals surface area contributed by atoms with Crippen LogP contribution in [0.1, 0.15) is 17.5 Å². The molecular formula is C35H33FN10O. The number of guanidine groups is 1. The molecule has 0 bridgehead atoms. The fourth-order valence-corrected chi connectivity index (χ4v) is 6.27. The summed E-state index contributed by atoms with van der Waals surface area (Å²) in [5.41, 5.74) is 6.30. The number of benzene rings is 2. The van der Waals surface area contributed by atoms with Crippen molar-refractivity contribution in [3.05, 3.63) is 96.5 Å². The van der Waals surface area contributed by atoms with Gasteiger partial charge in [0.15, 0.2) is 23.6 Å². The maximum absolute atomic E-state index is 15.9. The predicted octanol–water partition coefficient (Wildman–Crippen LogP) is 5.29. The molecule has 7 rings (SSSR count). The van der Waals surface area contributed by atoms with Gasteiger partial charge in [0.1, 0.15) is 11.8 Å². The smallest absolute Gasteiger partial charge is 0.209 e. The average Bonchev–Trinajstić information content (AvgIpc) is 3.73. The van der Waals surface area contributed by atoms with E-state index in [9.17, 15) is 5.26 Å². The molecule has 1 fully saturated rings. The third-order valence-corrected chi connectivity index (χ3v) is 8.55. The second-order valence-corrected chi connectivity index (χ2v) is 11.7. The van der Waals surface area contributed by atoms with Crippen molar-refractivity contribution in [3.8, 4) is 23.1 Å². The number of ether oxygens (including phenoxy) is 1. The van der Waals surface area contributed by atoms with E-state index in [4.69, 9.17) is 9.72 Å². The largest absolute Gasteiger partial charge is 0.490 e. The summed E-state index contributed by atoms with van der Waals surface area (Å²) in [5, 5.41) is 14.8. The third-order valence-electron chi connectivity index (χ3n) is 8.55.